The number of anilines is 1. The van der Waals surface area contributed by atoms with Crippen molar-refractivity contribution in [2.45, 2.75) is 31.4 Å². The Morgan fingerprint density at radius 1 is 1.11 bits per heavy atom. The van der Waals surface area contributed by atoms with Crippen molar-refractivity contribution in [2.75, 3.05) is 18.9 Å². The van der Waals surface area contributed by atoms with E-state index in [-0.39, 0.29) is 48.8 Å². The molecule has 3 aromatic rings. The fourth-order valence-electron chi connectivity index (χ4n) is 4.00. The van der Waals surface area contributed by atoms with Gasteiger partial charge in [-0.25, -0.2) is 4.79 Å². The Morgan fingerprint density at radius 3 is 2.60 bits per heavy atom. The molecular weight excluding hydrogens is 513 g/mol. The third-order valence-electron chi connectivity index (χ3n) is 5.75. The van der Waals surface area contributed by atoms with E-state index >= 15 is 0 Å². The molecule has 4 N–H and O–H groups in total. The van der Waals surface area contributed by atoms with Gasteiger partial charge in [0.2, 0.25) is 0 Å². The number of halogens is 3. The van der Waals surface area contributed by atoms with Crippen LogP contribution in [-0.4, -0.2) is 40.8 Å². The SMILES string of the molecule is CNc1cc(Oc2ccc3c(c2)C[C@@H](NC[C@@H](O)c2cccnc2)CC3)cc(C(=O)O)c1.Cl.Cl.Cl. The van der Waals surface area contributed by atoms with Crippen LogP contribution in [0.25, 0.3) is 0 Å². The molecular formula is C25H30Cl3N3O4. The lowest BCUT2D eigenvalue weighted by atomic mass is 9.88. The Balaban J connectivity index is 0.00000204. The molecule has 0 aliphatic heterocycles. The number of rotatable bonds is 8. The molecule has 1 aromatic heterocycles. The average molecular weight is 543 g/mol. The molecule has 0 unspecified atom stereocenters. The van der Waals surface area contributed by atoms with E-state index in [2.05, 4.69) is 21.7 Å². The Labute approximate surface area is 223 Å². The average Bonchev–Trinajstić information content (AvgIpc) is 2.82. The summed E-state index contributed by atoms with van der Waals surface area (Å²) in [6, 6.07) is 14.8. The van der Waals surface area contributed by atoms with Gasteiger partial charge in [-0.1, -0.05) is 12.1 Å². The van der Waals surface area contributed by atoms with Gasteiger partial charge in [0.25, 0.3) is 0 Å². The number of aliphatic hydroxyl groups excluding tert-OH is 1. The molecule has 4 rings (SSSR count). The van der Waals surface area contributed by atoms with Crippen molar-refractivity contribution < 1.29 is 19.7 Å². The standard InChI is InChI=1S/C25H27N3O4.3ClH/c1-26-21-10-19(25(30)31)12-23(13-21)32-22-7-5-16-4-6-20(9-18(16)11-22)28-15-24(29)17-3-2-8-27-14-17;;;/h2-3,5,7-8,10-14,20,24,26,28-29H,4,6,9,15H2,1H3,(H,30,31);3*1H/t20-,24+;;;/m0.../s1. The molecule has 1 aliphatic carbocycles. The number of aromatic carboxylic acids is 1. The number of nitrogens with zero attached hydrogens (tertiary/aromatic N) is 1. The summed E-state index contributed by atoms with van der Waals surface area (Å²) >= 11 is 0. The molecule has 190 valence electrons. The van der Waals surface area contributed by atoms with E-state index in [0.29, 0.717) is 23.7 Å². The van der Waals surface area contributed by atoms with Gasteiger partial charge in [-0.2, -0.15) is 0 Å². The minimum absolute atomic E-state index is 0. The summed E-state index contributed by atoms with van der Waals surface area (Å²) in [6.07, 6.45) is 5.57. The maximum absolute atomic E-state index is 11.4. The number of nitrogens with one attached hydrogen (secondary N) is 2. The highest BCUT2D eigenvalue weighted by atomic mass is 35.5. The second kappa shape index (κ2) is 14.1. The van der Waals surface area contributed by atoms with Crippen LogP contribution in [0.3, 0.4) is 0 Å². The van der Waals surface area contributed by atoms with Gasteiger partial charge >= 0.3 is 5.97 Å². The van der Waals surface area contributed by atoms with Crippen molar-refractivity contribution in [3.8, 4) is 11.5 Å². The normalized spacial score (nSPS) is 14.7. The molecule has 0 amide bonds. The number of aliphatic hydroxyl groups is 1. The van der Waals surface area contributed by atoms with Gasteiger partial charge in [0.15, 0.2) is 0 Å². The van der Waals surface area contributed by atoms with Crippen molar-refractivity contribution in [3.63, 3.8) is 0 Å². The number of hydrogen-bond acceptors (Lipinski definition) is 6. The number of benzene rings is 2. The summed E-state index contributed by atoms with van der Waals surface area (Å²) < 4.78 is 6.00. The molecule has 0 bridgehead atoms. The minimum atomic E-state index is -1.00. The van der Waals surface area contributed by atoms with Crippen molar-refractivity contribution in [1.29, 1.82) is 0 Å². The van der Waals surface area contributed by atoms with Crippen LogP contribution in [-0.2, 0) is 12.8 Å². The van der Waals surface area contributed by atoms with E-state index in [1.54, 1.807) is 31.6 Å². The number of carboxylic acids is 1. The fourth-order valence-corrected chi connectivity index (χ4v) is 4.00. The number of ether oxygens (including phenoxy) is 1. The Bertz CT molecular complexity index is 1100. The summed E-state index contributed by atoms with van der Waals surface area (Å²) in [7, 11) is 1.74. The third kappa shape index (κ3) is 7.98. The number of carbonyl (C=O) groups is 1. The Hall–Kier alpha value is -2.55. The topological polar surface area (TPSA) is 104 Å². The first-order valence-corrected chi connectivity index (χ1v) is 10.7. The van der Waals surface area contributed by atoms with Crippen molar-refractivity contribution >= 4 is 48.9 Å². The molecule has 0 saturated carbocycles. The lowest BCUT2D eigenvalue weighted by Gasteiger charge is -2.27. The first-order chi connectivity index (χ1) is 15.5. The van der Waals surface area contributed by atoms with E-state index in [1.807, 2.05) is 24.3 Å². The van der Waals surface area contributed by atoms with Crippen LogP contribution in [0.1, 0.15) is 39.6 Å². The van der Waals surface area contributed by atoms with Gasteiger partial charge in [-0.3, -0.25) is 4.98 Å². The lowest BCUT2D eigenvalue weighted by Crippen LogP contribution is -2.37. The summed E-state index contributed by atoms with van der Waals surface area (Å²) in [5.74, 6) is 0.142. The van der Waals surface area contributed by atoms with Crippen molar-refractivity contribution in [3.05, 3.63) is 83.2 Å². The van der Waals surface area contributed by atoms with Crippen molar-refractivity contribution in [2.24, 2.45) is 0 Å². The van der Waals surface area contributed by atoms with Crippen LogP contribution in [0.2, 0.25) is 0 Å². The lowest BCUT2D eigenvalue weighted by molar-refractivity contribution is 0.0696. The molecule has 0 saturated heterocycles. The van der Waals surface area contributed by atoms with E-state index in [0.717, 1.165) is 24.8 Å². The molecule has 0 spiro atoms. The largest absolute Gasteiger partial charge is 0.478 e. The maximum Gasteiger partial charge on any atom is 0.335 e. The van der Waals surface area contributed by atoms with Gasteiger partial charge in [-0.05, 0) is 60.7 Å². The van der Waals surface area contributed by atoms with Crippen LogP contribution in [0, 0.1) is 0 Å². The van der Waals surface area contributed by atoms with Gasteiger partial charge in [0.05, 0.1) is 11.7 Å². The number of pyridine rings is 1. The monoisotopic (exact) mass is 541 g/mol. The minimum Gasteiger partial charge on any atom is -0.478 e. The number of aryl methyl sites for hydroxylation is 1. The highest BCUT2D eigenvalue weighted by Crippen LogP contribution is 2.30. The quantitative estimate of drug-likeness (QED) is 0.315. The van der Waals surface area contributed by atoms with E-state index in [9.17, 15) is 15.0 Å². The van der Waals surface area contributed by atoms with Gasteiger partial charge in [0.1, 0.15) is 11.5 Å². The highest BCUT2D eigenvalue weighted by Gasteiger charge is 2.20. The summed E-state index contributed by atoms with van der Waals surface area (Å²) in [6.45, 7) is 0.469. The number of hydrogen-bond donors (Lipinski definition) is 4. The van der Waals surface area contributed by atoms with E-state index in [1.165, 1.54) is 17.2 Å². The van der Waals surface area contributed by atoms with Crippen LogP contribution < -0.4 is 15.4 Å². The molecule has 7 nitrogen and oxygen atoms in total. The van der Waals surface area contributed by atoms with Crippen LogP contribution in [0.15, 0.2) is 60.9 Å². The molecule has 2 atom stereocenters. The zero-order valence-electron chi connectivity index (χ0n) is 19.1. The molecule has 0 fully saturated rings. The first-order valence-electron chi connectivity index (χ1n) is 10.7. The Kier molecular flexibility index (Phi) is 12.3. The Morgan fingerprint density at radius 2 is 1.91 bits per heavy atom. The second-order valence-electron chi connectivity index (χ2n) is 7.98. The summed E-state index contributed by atoms with van der Waals surface area (Å²) in [5.41, 5.74) is 4.13. The van der Waals surface area contributed by atoms with Crippen molar-refractivity contribution in [1.82, 2.24) is 10.3 Å². The summed E-state index contributed by atoms with van der Waals surface area (Å²) in [4.78, 5) is 15.5. The predicted octanol–water partition coefficient (Wildman–Crippen LogP) is 5.06. The van der Waals surface area contributed by atoms with Gasteiger partial charge < -0.3 is 25.6 Å². The zero-order valence-corrected chi connectivity index (χ0v) is 21.6. The van der Waals surface area contributed by atoms with E-state index < -0.39 is 12.1 Å². The van der Waals surface area contributed by atoms with Gasteiger partial charge in [0, 0.05) is 49.3 Å². The van der Waals surface area contributed by atoms with Crippen LogP contribution >= 0.6 is 37.2 Å². The highest BCUT2D eigenvalue weighted by molar-refractivity contribution is 5.89. The first kappa shape index (κ1) is 30.5. The summed E-state index contributed by atoms with van der Waals surface area (Å²) in [5, 5.41) is 26.2. The molecule has 0 radical (unpaired) electrons. The zero-order chi connectivity index (χ0) is 22.5. The molecule has 1 heterocycles. The maximum atomic E-state index is 11.4. The smallest absolute Gasteiger partial charge is 0.335 e. The molecule has 35 heavy (non-hydrogen) atoms. The third-order valence-corrected chi connectivity index (χ3v) is 5.75. The number of aromatic nitrogens is 1. The molecule has 1 aliphatic rings. The molecule has 2 aromatic carbocycles. The van der Waals surface area contributed by atoms with E-state index in [4.69, 9.17) is 4.74 Å². The predicted molar refractivity (Wildman–Crippen MR) is 144 cm³/mol. The van der Waals surface area contributed by atoms with Crippen LogP contribution in [0.4, 0.5) is 5.69 Å². The molecule has 10 heteroatoms. The van der Waals surface area contributed by atoms with Crippen LogP contribution in [0.5, 0.6) is 11.5 Å². The fraction of sp³-hybridized carbons (Fsp3) is 0.280. The second-order valence-corrected chi connectivity index (χ2v) is 7.98. The number of fused-ring (bicyclic) bond motifs is 1. The van der Waals surface area contributed by atoms with Gasteiger partial charge in [-0.15, -0.1) is 37.2 Å². The number of carboxylic acid groups (broad SMARTS) is 1.